The number of rotatable bonds is 5. The molecule has 5 nitrogen and oxygen atoms in total. The maximum Gasteiger partial charge on any atom is 0.337 e. The minimum atomic E-state index is -1.06. The van der Waals surface area contributed by atoms with Gasteiger partial charge >= 0.3 is 5.97 Å². The predicted molar refractivity (Wildman–Crippen MR) is 78.1 cm³/mol. The molecule has 0 fully saturated rings. The molecule has 2 aromatic rings. The Balaban J connectivity index is 2.14. The first kappa shape index (κ1) is 14.7. The highest BCUT2D eigenvalue weighted by molar-refractivity contribution is 5.93. The highest BCUT2D eigenvalue weighted by atomic mass is 16.4. The van der Waals surface area contributed by atoms with E-state index in [9.17, 15) is 9.59 Å². The maximum absolute atomic E-state index is 12.4. The number of aromatic nitrogens is 1. The summed E-state index contributed by atoms with van der Waals surface area (Å²) in [5.74, 6) is -1.27. The number of pyridine rings is 1. The second-order valence-corrected chi connectivity index (χ2v) is 4.54. The van der Waals surface area contributed by atoms with Crippen molar-refractivity contribution in [1.29, 1.82) is 0 Å². The Hall–Kier alpha value is -2.69. The van der Waals surface area contributed by atoms with E-state index in [-0.39, 0.29) is 17.2 Å². The summed E-state index contributed by atoms with van der Waals surface area (Å²) in [6.07, 6.45) is 1.20. The molecule has 0 aliphatic carbocycles. The van der Waals surface area contributed by atoms with Gasteiger partial charge in [0.15, 0.2) is 0 Å². The Labute approximate surface area is 122 Å². The van der Waals surface area contributed by atoms with Crippen LogP contribution in [-0.2, 0) is 6.54 Å². The third-order valence-corrected chi connectivity index (χ3v) is 3.11. The van der Waals surface area contributed by atoms with Crippen LogP contribution in [0.15, 0.2) is 48.7 Å². The maximum atomic E-state index is 12.4. The quantitative estimate of drug-likeness (QED) is 0.915. The van der Waals surface area contributed by atoms with E-state index in [0.717, 1.165) is 5.56 Å². The molecule has 0 spiro atoms. The number of hydrogen-bond acceptors (Lipinski definition) is 3. The van der Waals surface area contributed by atoms with Gasteiger partial charge in [0.05, 0.1) is 5.56 Å². The Kier molecular flexibility index (Phi) is 4.66. The summed E-state index contributed by atoms with van der Waals surface area (Å²) < 4.78 is 0. The van der Waals surface area contributed by atoms with Crippen LogP contribution in [0.2, 0.25) is 0 Å². The van der Waals surface area contributed by atoms with Crippen molar-refractivity contribution in [1.82, 2.24) is 9.88 Å². The molecule has 5 heteroatoms. The van der Waals surface area contributed by atoms with Crippen LogP contribution in [0.25, 0.3) is 0 Å². The van der Waals surface area contributed by atoms with E-state index in [1.807, 2.05) is 37.3 Å². The third kappa shape index (κ3) is 3.66. The van der Waals surface area contributed by atoms with Gasteiger partial charge < -0.3 is 10.0 Å². The fourth-order valence-corrected chi connectivity index (χ4v) is 1.94. The van der Waals surface area contributed by atoms with E-state index in [1.165, 1.54) is 18.3 Å². The van der Waals surface area contributed by atoms with Crippen LogP contribution < -0.4 is 0 Å². The lowest BCUT2D eigenvalue weighted by Crippen LogP contribution is -2.31. The lowest BCUT2D eigenvalue weighted by molar-refractivity contribution is 0.0692. The Morgan fingerprint density at radius 3 is 2.38 bits per heavy atom. The smallest absolute Gasteiger partial charge is 0.337 e. The molecule has 0 bridgehead atoms. The van der Waals surface area contributed by atoms with Crippen LogP contribution in [-0.4, -0.2) is 33.4 Å². The average molecular weight is 284 g/mol. The van der Waals surface area contributed by atoms with Crippen molar-refractivity contribution in [3.05, 3.63) is 65.5 Å². The van der Waals surface area contributed by atoms with Gasteiger partial charge in [-0.15, -0.1) is 0 Å². The largest absolute Gasteiger partial charge is 0.478 e. The Bertz CT molecular complexity index is 624. The normalized spacial score (nSPS) is 10.1. The molecule has 0 saturated carbocycles. The lowest BCUT2D eigenvalue weighted by atomic mass is 10.2. The average Bonchev–Trinajstić information content (AvgIpc) is 2.53. The number of carboxylic acid groups (broad SMARTS) is 1. The highest BCUT2D eigenvalue weighted by Gasteiger charge is 2.16. The molecular weight excluding hydrogens is 268 g/mol. The fourth-order valence-electron chi connectivity index (χ4n) is 1.94. The van der Waals surface area contributed by atoms with E-state index >= 15 is 0 Å². The Morgan fingerprint density at radius 2 is 1.86 bits per heavy atom. The van der Waals surface area contributed by atoms with E-state index in [0.29, 0.717) is 13.1 Å². The van der Waals surface area contributed by atoms with Gasteiger partial charge in [0.2, 0.25) is 0 Å². The topological polar surface area (TPSA) is 70.5 Å². The van der Waals surface area contributed by atoms with Crippen LogP contribution >= 0.6 is 0 Å². The molecule has 1 heterocycles. The SMILES string of the molecule is CCN(Cc1ccccc1)C(=O)c1ccc(C(=O)O)cn1. The number of carboxylic acids is 1. The lowest BCUT2D eigenvalue weighted by Gasteiger charge is -2.20. The third-order valence-electron chi connectivity index (χ3n) is 3.11. The molecule has 0 unspecified atom stereocenters. The second kappa shape index (κ2) is 6.65. The van der Waals surface area contributed by atoms with Gasteiger partial charge in [-0.2, -0.15) is 0 Å². The standard InChI is InChI=1S/C16H16N2O3/c1-2-18(11-12-6-4-3-5-7-12)15(19)14-9-8-13(10-17-14)16(20)21/h3-10H,2,11H2,1H3,(H,20,21). The predicted octanol–water partition coefficient (Wildman–Crippen LogP) is 2.44. The molecular formula is C16H16N2O3. The van der Waals surface area contributed by atoms with Crippen molar-refractivity contribution < 1.29 is 14.7 Å². The molecule has 1 aromatic heterocycles. The first-order chi connectivity index (χ1) is 10.1. The molecule has 0 aliphatic rings. The summed E-state index contributed by atoms with van der Waals surface area (Å²) in [7, 11) is 0. The molecule has 0 radical (unpaired) electrons. The molecule has 108 valence electrons. The summed E-state index contributed by atoms with van der Waals surface area (Å²) >= 11 is 0. The number of nitrogens with zero attached hydrogens (tertiary/aromatic N) is 2. The first-order valence-electron chi connectivity index (χ1n) is 6.64. The van der Waals surface area contributed by atoms with Crippen molar-refractivity contribution in [2.75, 3.05) is 6.54 Å². The van der Waals surface area contributed by atoms with Crippen LogP contribution in [0.4, 0.5) is 0 Å². The van der Waals surface area contributed by atoms with E-state index in [2.05, 4.69) is 4.98 Å². The van der Waals surface area contributed by atoms with Crippen LogP contribution in [0, 0.1) is 0 Å². The summed E-state index contributed by atoms with van der Waals surface area (Å²) in [6.45, 7) is 2.95. The number of carbonyl (C=O) groups excluding carboxylic acids is 1. The van der Waals surface area contributed by atoms with Crippen molar-refractivity contribution in [3.63, 3.8) is 0 Å². The van der Waals surface area contributed by atoms with Gasteiger partial charge in [-0.25, -0.2) is 4.79 Å². The monoisotopic (exact) mass is 284 g/mol. The van der Waals surface area contributed by atoms with Crippen molar-refractivity contribution in [2.45, 2.75) is 13.5 Å². The molecule has 1 amide bonds. The van der Waals surface area contributed by atoms with Crippen molar-refractivity contribution >= 4 is 11.9 Å². The van der Waals surface area contributed by atoms with E-state index in [4.69, 9.17) is 5.11 Å². The number of hydrogen-bond donors (Lipinski definition) is 1. The second-order valence-electron chi connectivity index (χ2n) is 4.54. The molecule has 1 N–H and O–H groups in total. The highest BCUT2D eigenvalue weighted by Crippen LogP contribution is 2.09. The van der Waals surface area contributed by atoms with Gasteiger partial charge in [-0.05, 0) is 24.6 Å². The van der Waals surface area contributed by atoms with Crippen LogP contribution in [0.3, 0.4) is 0 Å². The summed E-state index contributed by atoms with van der Waals surface area (Å²) in [5, 5.41) is 8.83. The molecule has 0 saturated heterocycles. The number of aromatic carboxylic acids is 1. The van der Waals surface area contributed by atoms with E-state index < -0.39 is 5.97 Å². The van der Waals surface area contributed by atoms with Gasteiger partial charge in [-0.1, -0.05) is 30.3 Å². The summed E-state index contributed by atoms with van der Waals surface area (Å²) in [5.41, 5.74) is 1.35. The zero-order valence-electron chi connectivity index (χ0n) is 11.7. The van der Waals surface area contributed by atoms with Gasteiger partial charge in [0, 0.05) is 19.3 Å². The summed E-state index contributed by atoms with van der Waals surface area (Å²) in [6, 6.07) is 12.5. The number of amides is 1. The van der Waals surface area contributed by atoms with Gasteiger partial charge in [0.25, 0.3) is 5.91 Å². The zero-order chi connectivity index (χ0) is 15.2. The van der Waals surface area contributed by atoms with Gasteiger partial charge in [0.1, 0.15) is 5.69 Å². The summed E-state index contributed by atoms with van der Waals surface area (Å²) in [4.78, 5) is 28.8. The Morgan fingerprint density at radius 1 is 1.14 bits per heavy atom. The molecule has 21 heavy (non-hydrogen) atoms. The minimum absolute atomic E-state index is 0.0673. The van der Waals surface area contributed by atoms with Gasteiger partial charge in [-0.3, -0.25) is 9.78 Å². The van der Waals surface area contributed by atoms with Crippen molar-refractivity contribution in [3.8, 4) is 0 Å². The number of benzene rings is 1. The van der Waals surface area contributed by atoms with Crippen molar-refractivity contribution in [2.24, 2.45) is 0 Å². The molecule has 0 aliphatic heterocycles. The van der Waals surface area contributed by atoms with Crippen LogP contribution in [0.1, 0.15) is 33.3 Å². The first-order valence-corrected chi connectivity index (χ1v) is 6.64. The molecule has 0 atom stereocenters. The number of carbonyl (C=O) groups is 2. The molecule has 2 rings (SSSR count). The fraction of sp³-hybridized carbons (Fsp3) is 0.188. The van der Waals surface area contributed by atoms with E-state index in [1.54, 1.807) is 4.90 Å². The zero-order valence-corrected chi connectivity index (χ0v) is 11.7. The minimum Gasteiger partial charge on any atom is -0.478 e. The van der Waals surface area contributed by atoms with Crippen LogP contribution in [0.5, 0.6) is 0 Å². The molecule has 1 aromatic carbocycles.